The minimum atomic E-state index is 0.00537. The van der Waals surface area contributed by atoms with Gasteiger partial charge in [-0.1, -0.05) is 0 Å². The molecule has 0 fully saturated rings. The van der Waals surface area contributed by atoms with Gasteiger partial charge in [0.1, 0.15) is 0 Å². The van der Waals surface area contributed by atoms with Gasteiger partial charge in [-0.05, 0) is 63.8 Å². The molecule has 0 aliphatic heterocycles. The second-order valence-corrected chi connectivity index (χ2v) is 5.16. The lowest BCUT2D eigenvalue weighted by Gasteiger charge is -2.24. The highest BCUT2D eigenvalue weighted by Crippen LogP contribution is 2.34. The quantitative estimate of drug-likeness (QED) is 0.696. The molecule has 0 radical (unpaired) electrons. The molecule has 0 saturated carbocycles. The van der Waals surface area contributed by atoms with Crippen molar-refractivity contribution >= 4 is 11.6 Å². The van der Waals surface area contributed by atoms with E-state index in [0.29, 0.717) is 22.3 Å². The third-order valence-electron chi connectivity index (χ3n) is 4.39. The van der Waals surface area contributed by atoms with Crippen molar-refractivity contribution in [1.29, 1.82) is 0 Å². The van der Waals surface area contributed by atoms with Gasteiger partial charge in [0, 0.05) is 22.3 Å². The summed E-state index contributed by atoms with van der Waals surface area (Å²) in [6, 6.07) is 0. The molecule has 94 valence electrons. The summed E-state index contributed by atoms with van der Waals surface area (Å²) in [5.41, 5.74) is 6.50. The van der Waals surface area contributed by atoms with Crippen LogP contribution < -0.4 is 0 Å². The van der Waals surface area contributed by atoms with E-state index in [1.165, 1.54) is 0 Å². The zero-order valence-electron chi connectivity index (χ0n) is 11.8. The number of benzene rings is 1. The van der Waals surface area contributed by atoms with Crippen LogP contribution in [-0.2, 0) is 0 Å². The molecule has 1 aromatic rings. The lowest BCUT2D eigenvalue weighted by Crippen LogP contribution is -2.23. The second-order valence-electron chi connectivity index (χ2n) is 5.16. The predicted molar refractivity (Wildman–Crippen MR) is 72.4 cm³/mol. The zero-order valence-corrected chi connectivity index (χ0v) is 11.8. The Hall–Kier alpha value is -1.70. The number of rotatable bonds is 0. The standard InChI is InChI=1S/C16H18O2/c1-7-8(2)10(4)14-13(9(7)3)15(17)11(5)12(6)16(14)18/h1-6H3. The lowest BCUT2D eigenvalue weighted by molar-refractivity contribution is 0.0973. The molecule has 1 aliphatic rings. The summed E-state index contributed by atoms with van der Waals surface area (Å²) in [6.07, 6.45) is 0. The summed E-state index contributed by atoms with van der Waals surface area (Å²) >= 11 is 0. The summed E-state index contributed by atoms with van der Waals surface area (Å²) in [7, 11) is 0. The van der Waals surface area contributed by atoms with Crippen molar-refractivity contribution in [3.05, 3.63) is 44.5 Å². The SMILES string of the molecule is CC1=C(C)C(=O)c2c(C)c(C)c(C)c(C)c2C1=O. The fourth-order valence-electron chi connectivity index (χ4n) is 2.60. The van der Waals surface area contributed by atoms with Crippen LogP contribution >= 0.6 is 0 Å². The highest BCUT2D eigenvalue weighted by molar-refractivity contribution is 6.27. The average molecular weight is 242 g/mol. The van der Waals surface area contributed by atoms with Crippen LogP contribution in [0.3, 0.4) is 0 Å². The first-order valence-corrected chi connectivity index (χ1v) is 6.16. The fraction of sp³-hybridized carbons (Fsp3) is 0.375. The van der Waals surface area contributed by atoms with E-state index >= 15 is 0 Å². The van der Waals surface area contributed by atoms with Crippen molar-refractivity contribution in [1.82, 2.24) is 0 Å². The van der Waals surface area contributed by atoms with Crippen LogP contribution in [0.4, 0.5) is 0 Å². The molecule has 2 rings (SSSR count). The Bertz CT molecular complexity index is 576. The molecule has 2 nitrogen and oxygen atoms in total. The number of ketones is 2. The van der Waals surface area contributed by atoms with E-state index in [1.54, 1.807) is 13.8 Å². The Labute approximate surface area is 108 Å². The van der Waals surface area contributed by atoms with Crippen molar-refractivity contribution in [2.75, 3.05) is 0 Å². The summed E-state index contributed by atoms with van der Waals surface area (Å²) < 4.78 is 0. The smallest absolute Gasteiger partial charge is 0.190 e. The van der Waals surface area contributed by atoms with Crippen LogP contribution in [0.1, 0.15) is 56.8 Å². The Balaban J connectivity index is 2.96. The predicted octanol–water partition coefficient (Wildman–Crippen LogP) is 3.64. The van der Waals surface area contributed by atoms with Gasteiger partial charge in [0.2, 0.25) is 0 Å². The number of hydrogen-bond acceptors (Lipinski definition) is 2. The van der Waals surface area contributed by atoms with Crippen molar-refractivity contribution in [2.45, 2.75) is 41.5 Å². The van der Waals surface area contributed by atoms with Crippen molar-refractivity contribution in [3.63, 3.8) is 0 Å². The van der Waals surface area contributed by atoms with Crippen LogP contribution in [0, 0.1) is 27.7 Å². The molecule has 18 heavy (non-hydrogen) atoms. The van der Waals surface area contributed by atoms with E-state index in [2.05, 4.69) is 0 Å². The third-order valence-corrected chi connectivity index (χ3v) is 4.39. The number of Topliss-reactive ketones (excluding diaryl/α,β-unsaturated/α-hetero) is 2. The van der Waals surface area contributed by atoms with Crippen LogP contribution in [0.15, 0.2) is 11.1 Å². The largest absolute Gasteiger partial charge is 0.289 e. The van der Waals surface area contributed by atoms with Gasteiger partial charge in [0.25, 0.3) is 0 Å². The maximum Gasteiger partial charge on any atom is 0.190 e. The molecule has 0 atom stereocenters. The van der Waals surface area contributed by atoms with E-state index in [1.807, 2.05) is 27.7 Å². The van der Waals surface area contributed by atoms with Crippen molar-refractivity contribution in [2.24, 2.45) is 0 Å². The van der Waals surface area contributed by atoms with Gasteiger partial charge in [-0.25, -0.2) is 0 Å². The first-order chi connectivity index (χ1) is 8.29. The molecule has 2 heteroatoms. The first kappa shape index (κ1) is 12.7. The van der Waals surface area contributed by atoms with Gasteiger partial charge in [-0.2, -0.15) is 0 Å². The molecule has 0 spiro atoms. The molecular weight excluding hydrogens is 224 g/mol. The summed E-state index contributed by atoms with van der Waals surface area (Å²) in [4.78, 5) is 24.8. The Morgan fingerprint density at radius 2 is 0.778 bits per heavy atom. The minimum absolute atomic E-state index is 0.00537. The monoisotopic (exact) mass is 242 g/mol. The van der Waals surface area contributed by atoms with E-state index in [9.17, 15) is 9.59 Å². The molecule has 0 aromatic heterocycles. The molecule has 0 heterocycles. The topological polar surface area (TPSA) is 34.1 Å². The molecule has 0 bridgehead atoms. The van der Waals surface area contributed by atoms with E-state index in [4.69, 9.17) is 0 Å². The second kappa shape index (κ2) is 3.91. The van der Waals surface area contributed by atoms with Gasteiger partial charge < -0.3 is 0 Å². The lowest BCUT2D eigenvalue weighted by atomic mass is 9.78. The maximum absolute atomic E-state index is 12.4. The fourth-order valence-corrected chi connectivity index (χ4v) is 2.60. The minimum Gasteiger partial charge on any atom is -0.289 e. The van der Waals surface area contributed by atoms with Crippen molar-refractivity contribution in [3.8, 4) is 0 Å². The molecule has 0 saturated heterocycles. The number of carbonyl (C=O) groups excluding carboxylic acids is 2. The third kappa shape index (κ3) is 1.41. The molecule has 1 aliphatic carbocycles. The average Bonchev–Trinajstić information content (AvgIpc) is 2.35. The Morgan fingerprint density at radius 1 is 0.500 bits per heavy atom. The molecule has 0 unspecified atom stereocenters. The van der Waals surface area contributed by atoms with Gasteiger partial charge in [0.15, 0.2) is 11.6 Å². The Kier molecular flexibility index (Phi) is 2.77. The number of fused-ring (bicyclic) bond motifs is 1. The van der Waals surface area contributed by atoms with E-state index < -0.39 is 0 Å². The zero-order chi connectivity index (χ0) is 13.8. The van der Waals surface area contributed by atoms with Gasteiger partial charge in [-0.15, -0.1) is 0 Å². The summed E-state index contributed by atoms with van der Waals surface area (Å²) in [5.74, 6) is 0.0107. The summed E-state index contributed by atoms with van der Waals surface area (Å²) in [5, 5.41) is 0. The number of carbonyl (C=O) groups is 2. The van der Waals surface area contributed by atoms with Crippen LogP contribution in [0.2, 0.25) is 0 Å². The van der Waals surface area contributed by atoms with E-state index in [-0.39, 0.29) is 11.6 Å². The number of hydrogen-bond donors (Lipinski definition) is 0. The Morgan fingerprint density at radius 3 is 1.06 bits per heavy atom. The van der Waals surface area contributed by atoms with Crippen molar-refractivity contribution < 1.29 is 9.59 Å². The first-order valence-electron chi connectivity index (χ1n) is 6.16. The van der Waals surface area contributed by atoms with Gasteiger partial charge in [0.05, 0.1) is 0 Å². The van der Waals surface area contributed by atoms with Gasteiger partial charge in [-0.3, -0.25) is 9.59 Å². The summed E-state index contributed by atoms with van der Waals surface area (Å²) in [6.45, 7) is 11.4. The molecule has 1 aromatic carbocycles. The van der Waals surface area contributed by atoms with Crippen LogP contribution in [-0.4, -0.2) is 11.6 Å². The van der Waals surface area contributed by atoms with Gasteiger partial charge >= 0.3 is 0 Å². The molecule has 0 N–H and O–H groups in total. The number of allylic oxidation sites excluding steroid dienone is 2. The normalized spacial score (nSPS) is 15.2. The maximum atomic E-state index is 12.4. The van der Waals surface area contributed by atoms with Crippen LogP contribution in [0.5, 0.6) is 0 Å². The molecule has 0 amide bonds. The highest BCUT2D eigenvalue weighted by atomic mass is 16.1. The highest BCUT2D eigenvalue weighted by Gasteiger charge is 2.31. The molecular formula is C16H18O2. The van der Waals surface area contributed by atoms with E-state index in [0.717, 1.165) is 22.3 Å². The van der Waals surface area contributed by atoms with Crippen LogP contribution in [0.25, 0.3) is 0 Å².